The van der Waals surface area contributed by atoms with Crippen LogP contribution in [0.4, 0.5) is 5.00 Å². The minimum Gasteiger partial charge on any atom is -0.352 e. The van der Waals surface area contributed by atoms with Crippen molar-refractivity contribution in [3.63, 3.8) is 0 Å². The number of allylic oxidation sites excluding steroid dienone is 1. The third-order valence-electron chi connectivity index (χ3n) is 7.25. The molecule has 0 aromatic carbocycles. The lowest BCUT2D eigenvalue weighted by atomic mass is 9.97. The monoisotopic (exact) mass is 402 g/mol. The maximum Gasteiger partial charge on any atom is 0.254 e. The van der Waals surface area contributed by atoms with Crippen LogP contribution < -0.4 is 10.6 Å². The Balaban J connectivity index is 1.67. The Morgan fingerprint density at radius 2 is 1.82 bits per heavy atom. The summed E-state index contributed by atoms with van der Waals surface area (Å²) < 4.78 is 0. The number of amides is 2. The minimum atomic E-state index is -0.0807. The predicted molar refractivity (Wildman–Crippen MR) is 117 cm³/mol. The topological polar surface area (TPSA) is 58.2 Å². The molecular weight excluding hydrogens is 368 g/mol. The Labute approximate surface area is 173 Å². The molecule has 2 aliphatic rings. The van der Waals surface area contributed by atoms with Crippen molar-refractivity contribution >= 4 is 28.2 Å². The van der Waals surface area contributed by atoms with Crippen molar-refractivity contribution < 1.29 is 9.59 Å². The van der Waals surface area contributed by atoms with E-state index >= 15 is 0 Å². The summed E-state index contributed by atoms with van der Waals surface area (Å²) in [6.07, 6.45) is 8.09. The Hall–Kier alpha value is -1.62. The number of aryl methyl sites for hydroxylation is 1. The Kier molecular flexibility index (Phi) is 5.77. The molecule has 2 amide bonds. The van der Waals surface area contributed by atoms with Crippen molar-refractivity contribution in [2.24, 2.45) is 16.7 Å². The van der Waals surface area contributed by atoms with Crippen LogP contribution in [0.25, 0.3) is 0 Å². The maximum absolute atomic E-state index is 12.9. The molecule has 0 radical (unpaired) electrons. The van der Waals surface area contributed by atoms with E-state index in [0.717, 1.165) is 29.7 Å². The van der Waals surface area contributed by atoms with Crippen LogP contribution in [0.15, 0.2) is 11.6 Å². The molecule has 5 heteroatoms. The quantitative estimate of drug-likeness (QED) is 0.608. The number of nitrogens with one attached hydrogen (secondary N) is 2. The fourth-order valence-corrected chi connectivity index (χ4v) is 5.64. The molecule has 0 aliphatic heterocycles. The predicted octanol–water partition coefficient (Wildman–Crippen LogP) is 5.61. The van der Waals surface area contributed by atoms with Gasteiger partial charge >= 0.3 is 0 Å². The summed E-state index contributed by atoms with van der Waals surface area (Å²) in [5.41, 5.74) is 3.01. The van der Waals surface area contributed by atoms with Gasteiger partial charge in [-0.05, 0) is 62.3 Å². The average Bonchev–Trinajstić information content (AvgIpc) is 2.86. The third-order valence-corrected chi connectivity index (χ3v) is 8.37. The van der Waals surface area contributed by atoms with Crippen LogP contribution in [-0.2, 0) is 4.79 Å². The summed E-state index contributed by atoms with van der Waals surface area (Å²) in [7, 11) is 0. The van der Waals surface area contributed by atoms with Crippen molar-refractivity contribution in [1.29, 1.82) is 0 Å². The van der Waals surface area contributed by atoms with Gasteiger partial charge in [-0.3, -0.25) is 9.59 Å². The highest BCUT2D eigenvalue weighted by molar-refractivity contribution is 7.16. The first-order valence-electron chi connectivity index (χ1n) is 10.4. The molecule has 0 bridgehead atoms. The van der Waals surface area contributed by atoms with Crippen LogP contribution in [0, 0.1) is 30.6 Å². The molecular formula is C23H34N2O2S. The SMILES string of the molecule is Cc1sc(NC(=O)C2C(C)(C)C2(C)C)c(C(=O)NCCC2=CCCCC2)c1C. The molecule has 4 nitrogen and oxygen atoms in total. The van der Waals surface area contributed by atoms with Gasteiger partial charge in [0.15, 0.2) is 0 Å². The zero-order valence-corrected chi connectivity index (χ0v) is 18.9. The van der Waals surface area contributed by atoms with Gasteiger partial charge in [0.05, 0.1) is 5.56 Å². The summed E-state index contributed by atoms with van der Waals surface area (Å²) in [4.78, 5) is 26.8. The smallest absolute Gasteiger partial charge is 0.254 e. The minimum absolute atomic E-state index is 0.0193. The Morgan fingerprint density at radius 1 is 1.14 bits per heavy atom. The molecule has 0 saturated heterocycles. The van der Waals surface area contributed by atoms with E-state index in [2.05, 4.69) is 44.4 Å². The molecule has 1 aromatic rings. The molecule has 0 spiro atoms. The highest BCUT2D eigenvalue weighted by Crippen LogP contribution is 2.68. The van der Waals surface area contributed by atoms with Crippen LogP contribution >= 0.6 is 11.3 Å². The molecule has 3 rings (SSSR count). The molecule has 154 valence electrons. The largest absolute Gasteiger partial charge is 0.352 e. The van der Waals surface area contributed by atoms with Gasteiger partial charge in [0.2, 0.25) is 5.91 Å². The summed E-state index contributed by atoms with van der Waals surface area (Å²) >= 11 is 1.50. The molecule has 2 aliphatic carbocycles. The van der Waals surface area contributed by atoms with Crippen molar-refractivity contribution in [1.82, 2.24) is 5.32 Å². The number of anilines is 1. The number of rotatable bonds is 6. The van der Waals surface area contributed by atoms with Crippen molar-refractivity contribution in [2.45, 2.75) is 73.6 Å². The van der Waals surface area contributed by atoms with E-state index in [1.165, 1.54) is 29.8 Å². The Morgan fingerprint density at radius 3 is 2.39 bits per heavy atom. The van der Waals surface area contributed by atoms with E-state index < -0.39 is 0 Å². The molecule has 1 heterocycles. The number of hydrogen-bond acceptors (Lipinski definition) is 3. The summed E-state index contributed by atoms with van der Waals surface area (Å²) in [5, 5.41) is 6.83. The zero-order valence-electron chi connectivity index (χ0n) is 18.1. The van der Waals surface area contributed by atoms with Crippen molar-refractivity contribution in [3.05, 3.63) is 27.7 Å². The lowest BCUT2D eigenvalue weighted by Gasteiger charge is -2.13. The first-order chi connectivity index (χ1) is 13.1. The van der Waals surface area contributed by atoms with Gasteiger partial charge in [0.1, 0.15) is 5.00 Å². The van der Waals surface area contributed by atoms with Gasteiger partial charge in [-0.25, -0.2) is 0 Å². The average molecular weight is 403 g/mol. The fourth-order valence-electron chi connectivity index (χ4n) is 4.58. The molecule has 28 heavy (non-hydrogen) atoms. The second-order valence-electron chi connectivity index (χ2n) is 9.47. The standard InChI is InChI=1S/C23H34N2O2S/c1-14-15(2)28-21(25-20(27)18-22(3,4)23(18,5)6)17(14)19(26)24-13-12-16-10-8-7-9-11-16/h10,18H,7-9,11-13H2,1-6H3,(H,24,26)(H,25,27). The number of hydrogen-bond donors (Lipinski definition) is 2. The lowest BCUT2D eigenvalue weighted by molar-refractivity contribution is -0.118. The number of carbonyl (C=O) groups excluding carboxylic acids is 2. The molecule has 1 aromatic heterocycles. The van der Waals surface area contributed by atoms with Crippen LogP contribution in [0.3, 0.4) is 0 Å². The molecule has 0 unspecified atom stereocenters. The van der Waals surface area contributed by atoms with Gasteiger partial charge in [0.25, 0.3) is 5.91 Å². The van der Waals surface area contributed by atoms with Gasteiger partial charge in [-0.15, -0.1) is 11.3 Å². The molecule has 1 saturated carbocycles. The highest BCUT2D eigenvalue weighted by Gasteiger charge is 2.68. The van der Waals surface area contributed by atoms with Crippen LogP contribution in [0.1, 0.15) is 80.6 Å². The summed E-state index contributed by atoms with van der Waals surface area (Å²) in [6, 6.07) is 0. The van der Waals surface area contributed by atoms with Crippen LogP contribution in [-0.4, -0.2) is 18.4 Å². The second-order valence-corrected chi connectivity index (χ2v) is 10.7. The zero-order chi connectivity index (χ0) is 20.7. The van der Waals surface area contributed by atoms with Crippen molar-refractivity contribution in [2.75, 3.05) is 11.9 Å². The van der Waals surface area contributed by atoms with E-state index in [1.807, 2.05) is 13.8 Å². The van der Waals surface area contributed by atoms with E-state index in [9.17, 15) is 9.59 Å². The van der Waals surface area contributed by atoms with Crippen LogP contribution in [0.2, 0.25) is 0 Å². The first-order valence-corrected chi connectivity index (χ1v) is 11.3. The molecule has 0 atom stereocenters. The van der Waals surface area contributed by atoms with Gasteiger partial charge < -0.3 is 10.6 Å². The highest BCUT2D eigenvalue weighted by atomic mass is 32.1. The third kappa shape index (κ3) is 3.78. The van der Waals surface area contributed by atoms with Gasteiger partial charge in [-0.2, -0.15) is 0 Å². The van der Waals surface area contributed by atoms with E-state index in [4.69, 9.17) is 0 Å². The van der Waals surface area contributed by atoms with Crippen molar-refractivity contribution in [3.8, 4) is 0 Å². The van der Waals surface area contributed by atoms with E-state index in [1.54, 1.807) is 0 Å². The summed E-state index contributed by atoms with van der Waals surface area (Å²) in [5.74, 6) is -0.0857. The Bertz CT molecular complexity index is 803. The normalized spacial score (nSPS) is 20.4. The van der Waals surface area contributed by atoms with Gasteiger partial charge in [0, 0.05) is 17.3 Å². The first kappa shape index (κ1) is 21.1. The molecule has 2 N–H and O–H groups in total. The number of thiophene rings is 1. The molecule has 1 fully saturated rings. The fraction of sp³-hybridized carbons (Fsp3) is 0.652. The van der Waals surface area contributed by atoms with E-state index in [0.29, 0.717) is 17.1 Å². The lowest BCUT2D eigenvalue weighted by Crippen LogP contribution is -2.27. The second kappa shape index (κ2) is 7.66. The number of carbonyl (C=O) groups is 2. The maximum atomic E-state index is 12.9. The van der Waals surface area contributed by atoms with Gasteiger partial charge in [-0.1, -0.05) is 39.3 Å². The summed E-state index contributed by atoms with van der Waals surface area (Å²) in [6.45, 7) is 13.2. The van der Waals surface area contributed by atoms with Crippen LogP contribution in [0.5, 0.6) is 0 Å². The van der Waals surface area contributed by atoms with E-state index in [-0.39, 0.29) is 28.6 Å².